The van der Waals surface area contributed by atoms with E-state index in [2.05, 4.69) is 44.8 Å². The quantitative estimate of drug-likeness (QED) is 0.0483. The van der Waals surface area contributed by atoms with E-state index in [1.807, 2.05) is 7.05 Å². The van der Waals surface area contributed by atoms with Gasteiger partial charge in [0, 0.05) is 31.8 Å². The van der Waals surface area contributed by atoms with Crippen molar-refractivity contribution < 1.29 is 23.9 Å². The van der Waals surface area contributed by atoms with Crippen LogP contribution in [0.4, 0.5) is 0 Å². The normalized spacial score (nSPS) is 12.6. The van der Waals surface area contributed by atoms with E-state index in [1.54, 1.807) is 0 Å². The molecular weight excluding hydrogens is 913 g/mol. The van der Waals surface area contributed by atoms with E-state index in [1.165, 1.54) is 231 Å². The van der Waals surface area contributed by atoms with Gasteiger partial charge in [-0.05, 0) is 89.6 Å². The topological polar surface area (TPSA) is 84.9 Å². The number of ether oxygens (including phenoxy) is 2. The van der Waals surface area contributed by atoms with E-state index in [-0.39, 0.29) is 25.4 Å². The fourth-order valence-corrected chi connectivity index (χ4v) is 11.0. The number of carbonyl (C=O) groups excluding carboxylic acids is 3. The molecule has 0 bridgehead atoms. The Labute approximate surface area is 464 Å². The molecule has 2 atom stereocenters. The molecule has 0 aromatic rings. The van der Waals surface area contributed by atoms with Crippen LogP contribution in [0, 0.1) is 11.8 Å². The minimum atomic E-state index is -0.0291. The Morgan fingerprint density at radius 2 is 0.622 bits per heavy atom. The number of rotatable bonds is 60. The highest BCUT2D eigenvalue weighted by atomic mass is 16.5. The van der Waals surface area contributed by atoms with Gasteiger partial charge in [0.2, 0.25) is 5.91 Å². The van der Waals surface area contributed by atoms with E-state index in [0.717, 1.165) is 83.7 Å². The van der Waals surface area contributed by atoms with Crippen LogP contribution >= 0.6 is 0 Å². The summed E-state index contributed by atoms with van der Waals surface area (Å²) in [4.78, 5) is 42.5. The maximum absolute atomic E-state index is 14.0. The summed E-state index contributed by atoms with van der Waals surface area (Å²) in [5.41, 5.74) is 0. The number of unbranched alkanes of at least 4 members (excludes halogenated alkanes) is 33. The Hall–Kier alpha value is -1.63. The summed E-state index contributed by atoms with van der Waals surface area (Å²) >= 11 is 0. The smallest absolute Gasteiger partial charge is 0.305 e. The minimum absolute atomic E-state index is 0. The van der Waals surface area contributed by atoms with Crippen molar-refractivity contribution in [3.05, 3.63) is 0 Å². The first-order valence-electron chi connectivity index (χ1n) is 33.1. The number of carbonyl (C=O) groups is 3. The number of hydrogen-bond donors (Lipinski definition) is 1. The van der Waals surface area contributed by atoms with Crippen molar-refractivity contribution in [1.29, 1.82) is 0 Å². The predicted octanol–water partition coefficient (Wildman–Crippen LogP) is 21.0. The minimum Gasteiger partial charge on any atom is -0.465 e. The molecule has 0 heterocycles. The second-order valence-corrected chi connectivity index (χ2v) is 23.2. The zero-order valence-electron chi connectivity index (χ0n) is 50.4. The lowest BCUT2D eigenvalue weighted by Crippen LogP contribution is -2.41. The van der Waals surface area contributed by atoms with E-state index >= 15 is 0 Å². The first-order valence-corrected chi connectivity index (χ1v) is 33.1. The van der Waals surface area contributed by atoms with Crippen molar-refractivity contribution >= 4 is 17.8 Å². The number of esters is 2. The van der Waals surface area contributed by atoms with Gasteiger partial charge in [0.25, 0.3) is 0 Å². The zero-order valence-corrected chi connectivity index (χ0v) is 50.4. The molecule has 0 aliphatic carbocycles. The van der Waals surface area contributed by atoms with E-state index in [4.69, 9.17) is 9.47 Å². The summed E-state index contributed by atoms with van der Waals surface area (Å²) in [5, 5.41) is 3.31. The molecule has 0 radical (unpaired) electrons. The predicted molar refractivity (Wildman–Crippen MR) is 324 cm³/mol. The third-order valence-electron chi connectivity index (χ3n) is 16.0. The van der Waals surface area contributed by atoms with Crippen LogP contribution in [0.5, 0.6) is 0 Å². The number of nitrogens with zero attached hydrogens (tertiary/aromatic N) is 1. The average Bonchev–Trinajstić information content (AvgIpc) is 3.39. The molecule has 0 saturated heterocycles. The van der Waals surface area contributed by atoms with Gasteiger partial charge in [0.05, 0.1) is 13.2 Å². The zero-order chi connectivity index (χ0) is 53.3. The summed E-state index contributed by atoms with van der Waals surface area (Å²) < 4.78 is 12.0. The van der Waals surface area contributed by atoms with Gasteiger partial charge in [-0.2, -0.15) is 0 Å². The highest BCUT2D eigenvalue weighted by molar-refractivity contribution is 5.76. The molecule has 7 nitrogen and oxygen atoms in total. The van der Waals surface area contributed by atoms with E-state index in [0.29, 0.717) is 50.2 Å². The Morgan fingerprint density at radius 3 is 0.946 bits per heavy atom. The van der Waals surface area contributed by atoms with Crippen molar-refractivity contribution in [1.82, 2.24) is 10.2 Å². The van der Waals surface area contributed by atoms with Crippen molar-refractivity contribution in [2.24, 2.45) is 11.8 Å². The second-order valence-electron chi connectivity index (χ2n) is 23.2. The molecule has 1 amide bonds. The van der Waals surface area contributed by atoms with Gasteiger partial charge in [-0.25, -0.2) is 0 Å². The summed E-state index contributed by atoms with van der Waals surface area (Å²) in [5.74, 6) is 1.24. The molecule has 2 unspecified atom stereocenters. The van der Waals surface area contributed by atoms with Crippen molar-refractivity contribution in [3.8, 4) is 0 Å². The molecule has 0 aliphatic heterocycles. The Balaban J connectivity index is 0. The molecule has 0 saturated carbocycles. The van der Waals surface area contributed by atoms with Gasteiger partial charge in [-0.15, -0.1) is 0 Å². The third kappa shape index (κ3) is 51.1. The molecule has 0 fully saturated rings. The van der Waals surface area contributed by atoms with E-state index < -0.39 is 0 Å². The SMILES string of the molecule is C.CCCCCCCCCCC(CCCCCCCC)COC(=O)CCCCCC(CCCCCC(=O)OCC(CCCCCCCC)CCCCCCCCCC)N(CCCNC)C(=O)CCCCCCCC. The molecule has 0 aromatic carbocycles. The second kappa shape index (κ2) is 60.6. The van der Waals surface area contributed by atoms with Gasteiger partial charge < -0.3 is 19.7 Å². The van der Waals surface area contributed by atoms with Gasteiger partial charge in [0.15, 0.2) is 0 Å². The first kappa shape index (κ1) is 74.4. The maximum atomic E-state index is 14.0. The summed E-state index contributed by atoms with van der Waals surface area (Å²) in [6.45, 7) is 14.2. The standard InChI is InChI=1S/C66H130N2O5.CH4/c1-7-12-17-22-27-29-33-40-50-61(48-38-31-24-19-14-9-3)59-72-65(70)55-45-36-42-52-63(68(58-47-57-67-6)64(69)54-44-35-26-21-16-11-5)53-43-37-46-56-66(71)73-60-62(49-39-32-25-20-15-10-4)51-41-34-30-28-23-18-13-8-2;/h61-63,67H,7-60H2,1-6H3;1H4. The van der Waals surface area contributed by atoms with Gasteiger partial charge in [0.1, 0.15) is 0 Å². The molecular formula is C67H134N2O5. The van der Waals surface area contributed by atoms with Crippen molar-refractivity contribution in [3.63, 3.8) is 0 Å². The van der Waals surface area contributed by atoms with Crippen LogP contribution in [-0.2, 0) is 23.9 Å². The van der Waals surface area contributed by atoms with Gasteiger partial charge in [-0.3, -0.25) is 14.4 Å². The maximum Gasteiger partial charge on any atom is 0.305 e. The van der Waals surface area contributed by atoms with Crippen LogP contribution in [0.3, 0.4) is 0 Å². The lowest BCUT2D eigenvalue weighted by atomic mass is 9.94. The van der Waals surface area contributed by atoms with Crippen LogP contribution in [0.1, 0.15) is 363 Å². The number of amides is 1. The summed E-state index contributed by atoms with van der Waals surface area (Å²) in [6.07, 6.45) is 59.1. The highest BCUT2D eigenvalue weighted by Gasteiger charge is 2.23. The molecule has 0 rings (SSSR count). The van der Waals surface area contributed by atoms with Crippen LogP contribution in [0.15, 0.2) is 0 Å². The largest absolute Gasteiger partial charge is 0.465 e. The Bertz CT molecular complexity index is 1080. The average molecular weight is 1050 g/mol. The molecule has 0 aliphatic rings. The molecule has 442 valence electrons. The lowest BCUT2D eigenvalue weighted by Gasteiger charge is -2.33. The molecule has 1 N–H and O–H groups in total. The van der Waals surface area contributed by atoms with Crippen LogP contribution in [-0.4, -0.2) is 62.1 Å². The molecule has 0 spiro atoms. The van der Waals surface area contributed by atoms with Crippen LogP contribution < -0.4 is 5.32 Å². The van der Waals surface area contributed by atoms with Crippen LogP contribution in [0.25, 0.3) is 0 Å². The monoisotopic (exact) mass is 1050 g/mol. The molecule has 7 heteroatoms. The molecule has 74 heavy (non-hydrogen) atoms. The Kier molecular flexibility index (Phi) is 61.0. The van der Waals surface area contributed by atoms with Crippen molar-refractivity contribution in [2.75, 3.05) is 33.4 Å². The summed E-state index contributed by atoms with van der Waals surface area (Å²) in [6, 6.07) is 0.196. The Morgan fingerprint density at radius 1 is 0.351 bits per heavy atom. The lowest BCUT2D eigenvalue weighted by molar-refractivity contribution is -0.146. The molecule has 0 aromatic heterocycles. The van der Waals surface area contributed by atoms with E-state index in [9.17, 15) is 14.4 Å². The van der Waals surface area contributed by atoms with Crippen LogP contribution in [0.2, 0.25) is 0 Å². The highest BCUT2D eigenvalue weighted by Crippen LogP contribution is 2.24. The fraction of sp³-hybridized carbons (Fsp3) is 0.955. The first-order chi connectivity index (χ1) is 35.9. The third-order valence-corrected chi connectivity index (χ3v) is 16.0. The van der Waals surface area contributed by atoms with Gasteiger partial charge in [-0.1, -0.05) is 280 Å². The summed E-state index contributed by atoms with van der Waals surface area (Å²) in [7, 11) is 2.00. The fourth-order valence-electron chi connectivity index (χ4n) is 11.0. The van der Waals surface area contributed by atoms with Crippen molar-refractivity contribution in [2.45, 2.75) is 369 Å². The number of nitrogens with one attached hydrogen (secondary N) is 1. The number of hydrogen-bond acceptors (Lipinski definition) is 6. The van der Waals surface area contributed by atoms with Gasteiger partial charge >= 0.3 is 11.9 Å².